The van der Waals surface area contributed by atoms with Crippen LogP contribution in [0.25, 0.3) is 0 Å². The Morgan fingerprint density at radius 3 is 1.19 bits per heavy atom. The Hall–Kier alpha value is -0.0800. The lowest BCUT2D eigenvalue weighted by atomic mass is 9.98. The average Bonchev–Trinajstić information content (AvgIpc) is 2.21. The van der Waals surface area contributed by atoms with Gasteiger partial charge in [-0.3, -0.25) is 0 Å². The summed E-state index contributed by atoms with van der Waals surface area (Å²) in [6.45, 7) is 18.2. The molecule has 0 saturated heterocycles. The molecule has 2 atom stereocenters. The molecule has 0 saturated carbocycles. The van der Waals surface area contributed by atoms with Crippen LogP contribution in [0.15, 0.2) is 0 Å². The second kappa shape index (κ2) is 9.00. The highest BCUT2D eigenvalue weighted by Gasteiger charge is 2.06. The van der Waals surface area contributed by atoms with Crippen LogP contribution in [-0.4, -0.2) is 26.2 Å². The fraction of sp³-hybridized carbons (Fsp3) is 1.00. The molecule has 2 nitrogen and oxygen atoms in total. The Labute approximate surface area is 103 Å². The van der Waals surface area contributed by atoms with E-state index in [2.05, 4.69) is 52.2 Å². The van der Waals surface area contributed by atoms with E-state index in [0.29, 0.717) is 0 Å². The van der Waals surface area contributed by atoms with Gasteiger partial charge in [0.2, 0.25) is 0 Å². The first kappa shape index (κ1) is 15.9. The van der Waals surface area contributed by atoms with E-state index in [4.69, 9.17) is 0 Å². The number of nitrogens with one attached hydrogen (secondary N) is 2. The first-order chi connectivity index (χ1) is 7.45. The van der Waals surface area contributed by atoms with Crippen molar-refractivity contribution in [2.24, 2.45) is 23.7 Å². The van der Waals surface area contributed by atoms with Gasteiger partial charge in [-0.25, -0.2) is 0 Å². The minimum atomic E-state index is 0.773. The topological polar surface area (TPSA) is 24.1 Å². The molecule has 0 rings (SSSR count). The van der Waals surface area contributed by atoms with Crippen molar-refractivity contribution in [3.05, 3.63) is 0 Å². The summed E-state index contributed by atoms with van der Waals surface area (Å²) in [5, 5.41) is 7.01. The second-order valence-corrected chi connectivity index (χ2v) is 5.85. The molecule has 0 aliphatic carbocycles. The van der Waals surface area contributed by atoms with Crippen LogP contribution >= 0.6 is 0 Å². The van der Waals surface area contributed by atoms with Gasteiger partial charge >= 0.3 is 0 Å². The molecule has 0 bridgehead atoms. The van der Waals surface area contributed by atoms with Crippen LogP contribution in [0.1, 0.15) is 41.5 Å². The zero-order valence-electron chi connectivity index (χ0n) is 12.1. The maximum atomic E-state index is 3.51. The van der Waals surface area contributed by atoms with Gasteiger partial charge in [0.15, 0.2) is 0 Å². The van der Waals surface area contributed by atoms with Crippen molar-refractivity contribution < 1.29 is 0 Å². The molecule has 0 fully saturated rings. The Kier molecular flexibility index (Phi) is 8.96. The maximum absolute atomic E-state index is 3.51. The van der Waals surface area contributed by atoms with Crippen molar-refractivity contribution in [2.45, 2.75) is 41.5 Å². The Bertz CT molecular complexity index is 137. The molecule has 0 heterocycles. The summed E-state index contributed by atoms with van der Waals surface area (Å²) >= 11 is 0. The van der Waals surface area contributed by atoms with Gasteiger partial charge in [0.25, 0.3) is 0 Å². The third-order valence-electron chi connectivity index (χ3n) is 3.69. The predicted molar refractivity (Wildman–Crippen MR) is 73.7 cm³/mol. The summed E-state index contributed by atoms with van der Waals surface area (Å²) in [4.78, 5) is 0. The van der Waals surface area contributed by atoms with Crippen LogP contribution in [0.3, 0.4) is 0 Å². The Balaban J connectivity index is 3.28. The van der Waals surface area contributed by atoms with E-state index in [1.54, 1.807) is 0 Å². The molecule has 2 unspecified atom stereocenters. The first-order valence-electron chi connectivity index (χ1n) is 6.86. The molecule has 0 aromatic rings. The van der Waals surface area contributed by atoms with Crippen molar-refractivity contribution in [2.75, 3.05) is 26.2 Å². The number of rotatable bonds is 9. The molecule has 0 aliphatic heterocycles. The normalized spacial score (nSPS) is 15.8. The first-order valence-corrected chi connectivity index (χ1v) is 6.86. The van der Waals surface area contributed by atoms with E-state index in [0.717, 1.165) is 49.9 Å². The molecule has 16 heavy (non-hydrogen) atoms. The summed E-state index contributed by atoms with van der Waals surface area (Å²) in [7, 11) is 0. The fourth-order valence-corrected chi connectivity index (χ4v) is 1.31. The maximum Gasteiger partial charge on any atom is 0.00768 e. The lowest BCUT2D eigenvalue weighted by Gasteiger charge is -2.18. The van der Waals surface area contributed by atoms with E-state index in [-0.39, 0.29) is 0 Å². The molecular formula is C14H32N2. The summed E-state index contributed by atoms with van der Waals surface area (Å²) in [5.41, 5.74) is 0. The average molecular weight is 228 g/mol. The molecule has 0 amide bonds. The Morgan fingerprint density at radius 1 is 0.625 bits per heavy atom. The molecular weight excluding hydrogens is 196 g/mol. The highest BCUT2D eigenvalue weighted by molar-refractivity contribution is 4.63. The van der Waals surface area contributed by atoms with Gasteiger partial charge in [-0.1, -0.05) is 41.5 Å². The van der Waals surface area contributed by atoms with Crippen molar-refractivity contribution in [1.29, 1.82) is 0 Å². The zero-order valence-corrected chi connectivity index (χ0v) is 12.1. The highest BCUT2D eigenvalue weighted by Crippen LogP contribution is 2.07. The summed E-state index contributed by atoms with van der Waals surface area (Å²) in [6.07, 6.45) is 0. The van der Waals surface area contributed by atoms with E-state index < -0.39 is 0 Å². The smallest absolute Gasteiger partial charge is 0.00768 e. The van der Waals surface area contributed by atoms with Crippen LogP contribution in [0.2, 0.25) is 0 Å². The summed E-state index contributed by atoms with van der Waals surface area (Å²) < 4.78 is 0. The quantitative estimate of drug-likeness (QED) is 0.593. The molecule has 2 N–H and O–H groups in total. The molecule has 0 radical (unpaired) electrons. The molecule has 98 valence electrons. The highest BCUT2D eigenvalue weighted by atomic mass is 14.9. The van der Waals surface area contributed by atoms with Gasteiger partial charge in [-0.05, 0) is 36.8 Å². The molecule has 0 aromatic heterocycles. The minimum absolute atomic E-state index is 0.773. The van der Waals surface area contributed by atoms with Gasteiger partial charge < -0.3 is 10.6 Å². The van der Waals surface area contributed by atoms with Gasteiger partial charge in [0.05, 0.1) is 0 Å². The van der Waals surface area contributed by atoms with Crippen LogP contribution in [0, 0.1) is 23.7 Å². The lowest BCUT2D eigenvalue weighted by Crippen LogP contribution is -2.33. The van der Waals surface area contributed by atoms with Crippen molar-refractivity contribution in [3.8, 4) is 0 Å². The standard InChI is InChI=1S/C14H32N2/c1-11(2)13(5)9-15-7-8-16-10-14(6)12(3)4/h11-16H,7-10H2,1-6H3. The zero-order chi connectivity index (χ0) is 12.6. The molecule has 2 heteroatoms. The fourth-order valence-electron chi connectivity index (χ4n) is 1.31. The van der Waals surface area contributed by atoms with Gasteiger partial charge in [0.1, 0.15) is 0 Å². The second-order valence-electron chi connectivity index (χ2n) is 5.85. The van der Waals surface area contributed by atoms with Crippen molar-refractivity contribution in [3.63, 3.8) is 0 Å². The summed E-state index contributed by atoms with van der Waals surface area (Å²) in [5.74, 6) is 3.10. The minimum Gasteiger partial charge on any atom is -0.315 e. The Morgan fingerprint density at radius 2 is 0.938 bits per heavy atom. The summed E-state index contributed by atoms with van der Waals surface area (Å²) in [6, 6.07) is 0. The van der Waals surface area contributed by atoms with E-state index in [1.807, 2.05) is 0 Å². The SMILES string of the molecule is CC(C)C(C)CNCCNCC(C)C(C)C. The van der Waals surface area contributed by atoms with Crippen molar-refractivity contribution >= 4 is 0 Å². The van der Waals surface area contributed by atoms with Crippen LogP contribution < -0.4 is 10.6 Å². The molecule has 0 spiro atoms. The van der Waals surface area contributed by atoms with Crippen LogP contribution in [0.5, 0.6) is 0 Å². The lowest BCUT2D eigenvalue weighted by molar-refractivity contribution is 0.377. The monoisotopic (exact) mass is 228 g/mol. The number of hydrogen-bond donors (Lipinski definition) is 2. The largest absolute Gasteiger partial charge is 0.315 e. The van der Waals surface area contributed by atoms with E-state index >= 15 is 0 Å². The van der Waals surface area contributed by atoms with Crippen LogP contribution in [-0.2, 0) is 0 Å². The van der Waals surface area contributed by atoms with E-state index in [9.17, 15) is 0 Å². The van der Waals surface area contributed by atoms with E-state index in [1.165, 1.54) is 0 Å². The van der Waals surface area contributed by atoms with Crippen molar-refractivity contribution in [1.82, 2.24) is 10.6 Å². The van der Waals surface area contributed by atoms with Gasteiger partial charge in [0, 0.05) is 13.1 Å². The predicted octanol–water partition coefficient (Wildman–Crippen LogP) is 2.75. The number of hydrogen-bond acceptors (Lipinski definition) is 2. The van der Waals surface area contributed by atoms with Gasteiger partial charge in [-0.2, -0.15) is 0 Å². The van der Waals surface area contributed by atoms with Gasteiger partial charge in [-0.15, -0.1) is 0 Å². The third kappa shape index (κ3) is 8.12. The third-order valence-corrected chi connectivity index (χ3v) is 3.69. The molecule has 0 aliphatic rings. The van der Waals surface area contributed by atoms with Crippen LogP contribution in [0.4, 0.5) is 0 Å². The molecule has 0 aromatic carbocycles.